The van der Waals surface area contributed by atoms with Crippen molar-refractivity contribution in [1.82, 2.24) is 10.2 Å². The smallest absolute Gasteiger partial charge is 0.257 e. The standard InChI is InChI=1S/C20H22ClN3O2S/c1-4-24(12-17(25)22-18-13(2)7-5-8-14(18)3)20(27)23-19(26)15-9-6-10-16(21)11-15/h5-11H,4,12H2,1-3H3,(H,22,25)(H,23,26,27). The average molecular weight is 404 g/mol. The molecule has 0 heterocycles. The number of hydrogen-bond donors (Lipinski definition) is 2. The topological polar surface area (TPSA) is 61.4 Å². The molecular formula is C20H22ClN3O2S. The Hall–Kier alpha value is -2.44. The quantitative estimate of drug-likeness (QED) is 0.742. The number of carbonyl (C=O) groups excluding carboxylic acids is 2. The maximum atomic E-state index is 12.4. The number of nitrogens with zero attached hydrogens (tertiary/aromatic N) is 1. The van der Waals surface area contributed by atoms with Gasteiger partial charge in [-0.1, -0.05) is 35.9 Å². The van der Waals surface area contributed by atoms with Crippen molar-refractivity contribution in [3.05, 3.63) is 64.2 Å². The van der Waals surface area contributed by atoms with Gasteiger partial charge in [-0.3, -0.25) is 14.9 Å². The maximum absolute atomic E-state index is 12.4. The second kappa shape index (κ2) is 9.48. The number of likely N-dealkylation sites (N-methyl/N-ethyl adjacent to an activating group) is 1. The molecule has 0 saturated heterocycles. The summed E-state index contributed by atoms with van der Waals surface area (Å²) in [7, 11) is 0. The van der Waals surface area contributed by atoms with E-state index in [9.17, 15) is 9.59 Å². The van der Waals surface area contributed by atoms with Gasteiger partial charge in [-0.25, -0.2) is 0 Å². The molecule has 0 fully saturated rings. The van der Waals surface area contributed by atoms with E-state index in [-0.39, 0.29) is 23.5 Å². The van der Waals surface area contributed by atoms with Crippen LogP contribution >= 0.6 is 23.8 Å². The molecule has 0 aliphatic heterocycles. The van der Waals surface area contributed by atoms with Crippen LogP contribution < -0.4 is 10.6 Å². The normalized spacial score (nSPS) is 10.2. The molecule has 0 atom stereocenters. The molecule has 0 saturated carbocycles. The second-order valence-electron chi connectivity index (χ2n) is 6.10. The third-order valence-corrected chi connectivity index (χ3v) is 4.65. The van der Waals surface area contributed by atoms with Gasteiger partial charge >= 0.3 is 0 Å². The highest BCUT2D eigenvalue weighted by molar-refractivity contribution is 7.80. The van der Waals surface area contributed by atoms with Gasteiger partial charge < -0.3 is 10.2 Å². The van der Waals surface area contributed by atoms with Crippen LogP contribution in [0.15, 0.2) is 42.5 Å². The van der Waals surface area contributed by atoms with Crippen molar-refractivity contribution in [2.24, 2.45) is 0 Å². The van der Waals surface area contributed by atoms with Gasteiger partial charge in [-0.05, 0) is 62.3 Å². The first-order chi connectivity index (χ1) is 12.8. The Labute approximate surface area is 169 Å². The molecule has 27 heavy (non-hydrogen) atoms. The molecule has 2 aromatic rings. The van der Waals surface area contributed by atoms with E-state index in [4.69, 9.17) is 23.8 Å². The molecule has 2 N–H and O–H groups in total. The predicted octanol–water partition coefficient (Wildman–Crippen LogP) is 3.93. The monoisotopic (exact) mass is 403 g/mol. The average Bonchev–Trinajstić information content (AvgIpc) is 2.62. The third kappa shape index (κ3) is 5.77. The van der Waals surface area contributed by atoms with E-state index >= 15 is 0 Å². The van der Waals surface area contributed by atoms with Crippen LogP contribution in [0.1, 0.15) is 28.4 Å². The molecule has 7 heteroatoms. The lowest BCUT2D eigenvalue weighted by Crippen LogP contribution is -2.45. The van der Waals surface area contributed by atoms with Crippen LogP contribution in [0, 0.1) is 13.8 Å². The van der Waals surface area contributed by atoms with Crippen LogP contribution in [0.3, 0.4) is 0 Å². The van der Waals surface area contributed by atoms with Crippen LogP contribution in [0.25, 0.3) is 0 Å². The van der Waals surface area contributed by atoms with Crippen molar-refractivity contribution in [2.75, 3.05) is 18.4 Å². The number of carbonyl (C=O) groups is 2. The highest BCUT2D eigenvalue weighted by Gasteiger charge is 2.17. The largest absolute Gasteiger partial charge is 0.340 e. The number of thiocarbonyl (C=S) groups is 1. The Kier molecular flexibility index (Phi) is 7.33. The number of rotatable bonds is 5. The molecule has 0 aliphatic carbocycles. The molecule has 5 nitrogen and oxygen atoms in total. The maximum Gasteiger partial charge on any atom is 0.257 e. The summed E-state index contributed by atoms with van der Waals surface area (Å²) in [5, 5.41) is 6.23. The van der Waals surface area contributed by atoms with Crippen LogP contribution in [0.4, 0.5) is 5.69 Å². The molecule has 0 spiro atoms. The van der Waals surface area contributed by atoms with E-state index in [1.165, 1.54) is 0 Å². The highest BCUT2D eigenvalue weighted by Crippen LogP contribution is 2.19. The van der Waals surface area contributed by atoms with Gasteiger partial charge in [-0.2, -0.15) is 0 Å². The van der Waals surface area contributed by atoms with Crippen molar-refractivity contribution < 1.29 is 9.59 Å². The van der Waals surface area contributed by atoms with Gasteiger partial charge in [0.25, 0.3) is 5.91 Å². The van der Waals surface area contributed by atoms with Gasteiger partial charge in [0.15, 0.2) is 5.11 Å². The minimum atomic E-state index is -0.365. The lowest BCUT2D eigenvalue weighted by molar-refractivity contribution is -0.116. The zero-order chi connectivity index (χ0) is 20.0. The summed E-state index contributed by atoms with van der Waals surface area (Å²) in [4.78, 5) is 26.4. The van der Waals surface area contributed by atoms with E-state index in [0.29, 0.717) is 17.1 Å². The summed E-state index contributed by atoms with van der Waals surface area (Å²) in [5.74, 6) is -0.565. The fraction of sp³-hybridized carbons (Fsp3) is 0.250. The zero-order valence-electron chi connectivity index (χ0n) is 15.5. The van der Waals surface area contributed by atoms with Crippen molar-refractivity contribution in [3.63, 3.8) is 0 Å². The Balaban J connectivity index is 2.00. The van der Waals surface area contributed by atoms with E-state index in [0.717, 1.165) is 16.8 Å². The Morgan fingerprint density at radius 1 is 1.11 bits per heavy atom. The molecule has 142 valence electrons. The summed E-state index contributed by atoms with van der Waals surface area (Å²) < 4.78 is 0. The number of amides is 2. The predicted molar refractivity (Wildman–Crippen MR) is 113 cm³/mol. The number of halogens is 1. The summed E-state index contributed by atoms with van der Waals surface area (Å²) in [6.07, 6.45) is 0. The van der Waals surface area contributed by atoms with Crippen LogP contribution in [-0.2, 0) is 4.79 Å². The number of aryl methyl sites for hydroxylation is 2. The lowest BCUT2D eigenvalue weighted by atomic mass is 10.1. The fourth-order valence-corrected chi connectivity index (χ4v) is 3.05. The van der Waals surface area contributed by atoms with Gasteiger partial charge in [-0.15, -0.1) is 0 Å². The zero-order valence-corrected chi connectivity index (χ0v) is 17.1. The first kappa shape index (κ1) is 20.9. The summed E-state index contributed by atoms with van der Waals surface area (Å²) in [5.41, 5.74) is 3.18. The fourth-order valence-electron chi connectivity index (χ4n) is 2.57. The van der Waals surface area contributed by atoms with Crippen molar-refractivity contribution in [1.29, 1.82) is 0 Å². The van der Waals surface area contributed by atoms with E-state index < -0.39 is 0 Å². The summed E-state index contributed by atoms with van der Waals surface area (Å²) in [6, 6.07) is 12.4. The molecule has 0 radical (unpaired) electrons. The Bertz CT molecular complexity index is 850. The molecule has 2 aromatic carbocycles. The molecule has 2 rings (SSSR count). The van der Waals surface area contributed by atoms with Crippen LogP contribution in [0.2, 0.25) is 5.02 Å². The van der Waals surface area contributed by atoms with E-state index in [1.54, 1.807) is 29.2 Å². The number of benzene rings is 2. The van der Waals surface area contributed by atoms with Gasteiger partial charge in [0.1, 0.15) is 0 Å². The minimum absolute atomic E-state index is 0.0406. The first-order valence-electron chi connectivity index (χ1n) is 8.53. The summed E-state index contributed by atoms with van der Waals surface area (Å²) in [6.45, 7) is 6.27. The number of para-hydroxylation sites is 1. The number of nitrogens with one attached hydrogen (secondary N) is 2. The molecule has 2 amide bonds. The molecule has 0 unspecified atom stereocenters. The molecule has 0 aromatic heterocycles. The lowest BCUT2D eigenvalue weighted by Gasteiger charge is -2.23. The number of anilines is 1. The SMILES string of the molecule is CCN(CC(=O)Nc1c(C)cccc1C)C(=S)NC(=O)c1cccc(Cl)c1. The second-order valence-corrected chi connectivity index (χ2v) is 6.92. The highest BCUT2D eigenvalue weighted by atomic mass is 35.5. The van der Waals surface area contributed by atoms with Gasteiger partial charge in [0, 0.05) is 22.8 Å². The van der Waals surface area contributed by atoms with Crippen LogP contribution in [-0.4, -0.2) is 34.9 Å². The van der Waals surface area contributed by atoms with Crippen LogP contribution in [0.5, 0.6) is 0 Å². The van der Waals surface area contributed by atoms with E-state index in [2.05, 4.69) is 10.6 Å². The van der Waals surface area contributed by atoms with Gasteiger partial charge in [0.05, 0.1) is 6.54 Å². The van der Waals surface area contributed by atoms with E-state index in [1.807, 2.05) is 39.0 Å². The molecule has 0 bridgehead atoms. The van der Waals surface area contributed by atoms with Crippen molar-refractivity contribution in [3.8, 4) is 0 Å². The molecule has 0 aliphatic rings. The van der Waals surface area contributed by atoms with Crippen molar-refractivity contribution in [2.45, 2.75) is 20.8 Å². The number of hydrogen-bond acceptors (Lipinski definition) is 3. The first-order valence-corrected chi connectivity index (χ1v) is 9.32. The van der Waals surface area contributed by atoms with Crippen molar-refractivity contribution >= 4 is 46.4 Å². The van der Waals surface area contributed by atoms with Gasteiger partial charge in [0.2, 0.25) is 5.91 Å². The Morgan fingerprint density at radius 3 is 2.33 bits per heavy atom. The minimum Gasteiger partial charge on any atom is -0.340 e. The molecular weight excluding hydrogens is 382 g/mol. The Morgan fingerprint density at radius 2 is 1.74 bits per heavy atom. The summed E-state index contributed by atoms with van der Waals surface area (Å²) >= 11 is 11.2. The third-order valence-electron chi connectivity index (χ3n) is 4.06.